The number of rotatable bonds is 11. The highest BCUT2D eigenvalue weighted by atomic mass is 32.2. The molecule has 1 aromatic heterocycles. The molecule has 8 nitrogen and oxygen atoms in total. The molecule has 0 saturated carbocycles. The van der Waals surface area contributed by atoms with Crippen molar-refractivity contribution in [2.45, 2.75) is 25.0 Å². The normalized spacial score (nSPS) is 10.9. The second-order valence-corrected chi connectivity index (χ2v) is 8.21. The summed E-state index contributed by atoms with van der Waals surface area (Å²) in [6.45, 7) is 3.17. The first-order valence-corrected chi connectivity index (χ1v) is 11.6. The van der Waals surface area contributed by atoms with Gasteiger partial charge in [-0.05, 0) is 48.9 Å². The standard InChI is InChI=1S/C24H27N3O5S/c1-4-11-25-22(29)17-7-10-19-20(14-17)26-24(27(23(19)30)12-13-31-2)33-15-21(28)16-5-8-18(32-3)9-6-16/h5-10,14H,4,11-13,15H2,1-3H3,(H,25,29). The Labute approximate surface area is 196 Å². The zero-order valence-corrected chi connectivity index (χ0v) is 19.7. The number of fused-ring (bicyclic) bond motifs is 1. The molecule has 0 aliphatic carbocycles. The van der Waals surface area contributed by atoms with Gasteiger partial charge < -0.3 is 14.8 Å². The van der Waals surface area contributed by atoms with Gasteiger partial charge in [0.2, 0.25) is 0 Å². The molecule has 0 atom stereocenters. The van der Waals surface area contributed by atoms with E-state index >= 15 is 0 Å². The van der Waals surface area contributed by atoms with Crippen LogP contribution in [0.25, 0.3) is 10.9 Å². The van der Waals surface area contributed by atoms with Crippen LogP contribution in [-0.2, 0) is 11.3 Å². The molecular weight excluding hydrogens is 442 g/mol. The van der Waals surface area contributed by atoms with Crippen molar-refractivity contribution >= 4 is 34.4 Å². The second kappa shape index (κ2) is 11.6. The van der Waals surface area contributed by atoms with Gasteiger partial charge in [0.15, 0.2) is 10.9 Å². The Hall–Kier alpha value is -3.17. The fourth-order valence-electron chi connectivity index (χ4n) is 3.16. The van der Waals surface area contributed by atoms with Gasteiger partial charge >= 0.3 is 0 Å². The van der Waals surface area contributed by atoms with Crippen molar-refractivity contribution in [2.75, 3.05) is 33.1 Å². The molecule has 3 aromatic rings. The van der Waals surface area contributed by atoms with Crippen LogP contribution in [0, 0.1) is 0 Å². The molecule has 9 heteroatoms. The van der Waals surface area contributed by atoms with Crippen molar-refractivity contribution in [1.82, 2.24) is 14.9 Å². The molecule has 0 fully saturated rings. The number of ketones is 1. The number of benzene rings is 2. The van der Waals surface area contributed by atoms with Gasteiger partial charge in [-0.25, -0.2) is 4.98 Å². The van der Waals surface area contributed by atoms with Gasteiger partial charge in [0, 0.05) is 24.8 Å². The van der Waals surface area contributed by atoms with Crippen molar-refractivity contribution in [2.24, 2.45) is 0 Å². The molecule has 174 valence electrons. The lowest BCUT2D eigenvalue weighted by atomic mass is 10.1. The van der Waals surface area contributed by atoms with E-state index in [-0.39, 0.29) is 23.0 Å². The van der Waals surface area contributed by atoms with E-state index in [2.05, 4.69) is 10.3 Å². The maximum absolute atomic E-state index is 13.1. The van der Waals surface area contributed by atoms with E-state index in [0.29, 0.717) is 52.6 Å². The van der Waals surface area contributed by atoms with E-state index in [1.807, 2.05) is 6.92 Å². The Morgan fingerprint density at radius 2 is 1.82 bits per heavy atom. The van der Waals surface area contributed by atoms with E-state index < -0.39 is 0 Å². The van der Waals surface area contributed by atoms with Gasteiger partial charge in [0.25, 0.3) is 11.5 Å². The molecule has 1 N–H and O–H groups in total. The fraction of sp³-hybridized carbons (Fsp3) is 0.333. The van der Waals surface area contributed by atoms with Crippen LogP contribution in [0.5, 0.6) is 5.75 Å². The Morgan fingerprint density at radius 3 is 2.48 bits per heavy atom. The van der Waals surface area contributed by atoms with Crippen molar-refractivity contribution < 1.29 is 19.1 Å². The lowest BCUT2D eigenvalue weighted by Gasteiger charge is -2.13. The first-order chi connectivity index (χ1) is 16.0. The van der Waals surface area contributed by atoms with Crippen molar-refractivity contribution in [3.63, 3.8) is 0 Å². The first kappa shape index (κ1) is 24.5. The summed E-state index contributed by atoms with van der Waals surface area (Å²) in [6.07, 6.45) is 0.824. The van der Waals surface area contributed by atoms with Crippen molar-refractivity contribution in [1.29, 1.82) is 0 Å². The summed E-state index contributed by atoms with van der Waals surface area (Å²) in [7, 11) is 3.12. The van der Waals surface area contributed by atoms with Gasteiger partial charge in [0.1, 0.15) is 5.75 Å². The summed E-state index contributed by atoms with van der Waals surface area (Å²) in [5.41, 5.74) is 1.15. The van der Waals surface area contributed by atoms with Gasteiger partial charge in [-0.15, -0.1) is 0 Å². The van der Waals surface area contributed by atoms with E-state index in [1.165, 1.54) is 16.3 Å². The predicted molar refractivity (Wildman–Crippen MR) is 129 cm³/mol. The van der Waals surface area contributed by atoms with Crippen LogP contribution in [0.4, 0.5) is 0 Å². The summed E-state index contributed by atoms with van der Waals surface area (Å²) in [6, 6.07) is 11.7. The number of nitrogens with zero attached hydrogens (tertiary/aromatic N) is 2. The summed E-state index contributed by atoms with van der Waals surface area (Å²) in [5.74, 6) is 0.465. The highest BCUT2D eigenvalue weighted by Crippen LogP contribution is 2.21. The average molecular weight is 470 g/mol. The number of hydrogen-bond acceptors (Lipinski definition) is 7. The predicted octanol–water partition coefficient (Wildman–Crippen LogP) is 3.17. The number of methoxy groups -OCH3 is 2. The molecule has 0 saturated heterocycles. The van der Waals surface area contributed by atoms with Crippen LogP contribution in [0.3, 0.4) is 0 Å². The topological polar surface area (TPSA) is 99.5 Å². The molecular formula is C24H27N3O5S. The number of Topliss-reactive ketones (excluding diaryl/α,β-unsaturated/α-hetero) is 1. The van der Waals surface area contributed by atoms with Crippen LogP contribution < -0.4 is 15.6 Å². The molecule has 1 heterocycles. The Kier molecular flexibility index (Phi) is 8.62. The lowest BCUT2D eigenvalue weighted by Crippen LogP contribution is -2.26. The van der Waals surface area contributed by atoms with E-state index in [9.17, 15) is 14.4 Å². The van der Waals surface area contributed by atoms with Gasteiger partial charge in [-0.3, -0.25) is 19.0 Å². The maximum atomic E-state index is 13.1. The lowest BCUT2D eigenvalue weighted by molar-refractivity contribution is 0.0952. The van der Waals surface area contributed by atoms with Crippen molar-refractivity contribution in [3.05, 3.63) is 63.9 Å². The number of aromatic nitrogens is 2. The largest absolute Gasteiger partial charge is 0.497 e. The molecule has 0 aliphatic rings. The van der Waals surface area contributed by atoms with Crippen LogP contribution >= 0.6 is 11.8 Å². The maximum Gasteiger partial charge on any atom is 0.262 e. The monoisotopic (exact) mass is 469 g/mol. The van der Waals surface area contributed by atoms with Crippen LogP contribution in [-0.4, -0.2) is 54.4 Å². The van der Waals surface area contributed by atoms with Gasteiger partial charge in [0.05, 0.1) is 36.9 Å². The molecule has 33 heavy (non-hydrogen) atoms. The zero-order chi connectivity index (χ0) is 23.8. The fourth-order valence-corrected chi connectivity index (χ4v) is 4.08. The minimum atomic E-state index is -0.239. The third kappa shape index (κ3) is 6.00. The number of amides is 1. The molecule has 0 unspecified atom stereocenters. The molecule has 0 radical (unpaired) electrons. The van der Waals surface area contributed by atoms with Crippen LogP contribution in [0.1, 0.15) is 34.1 Å². The Bertz CT molecular complexity index is 1190. The van der Waals surface area contributed by atoms with Crippen LogP contribution in [0.15, 0.2) is 52.4 Å². The Morgan fingerprint density at radius 1 is 1.09 bits per heavy atom. The molecule has 3 rings (SSSR count). The molecule has 0 aliphatic heterocycles. The number of ether oxygens (including phenoxy) is 2. The van der Waals surface area contributed by atoms with E-state index in [0.717, 1.165) is 6.42 Å². The van der Waals surface area contributed by atoms with E-state index in [4.69, 9.17) is 9.47 Å². The minimum absolute atomic E-state index is 0.0945. The third-order valence-corrected chi connectivity index (χ3v) is 5.96. The van der Waals surface area contributed by atoms with E-state index in [1.54, 1.807) is 56.7 Å². The molecule has 0 spiro atoms. The average Bonchev–Trinajstić information content (AvgIpc) is 2.85. The highest BCUT2D eigenvalue weighted by molar-refractivity contribution is 7.99. The molecule has 0 bridgehead atoms. The summed E-state index contributed by atoms with van der Waals surface area (Å²) < 4.78 is 11.8. The summed E-state index contributed by atoms with van der Waals surface area (Å²) in [4.78, 5) is 42.8. The van der Waals surface area contributed by atoms with Gasteiger partial charge in [-0.2, -0.15) is 0 Å². The van der Waals surface area contributed by atoms with Crippen molar-refractivity contribution in [3.8, 4) is 5.75 Å². The number of hydrogen-bond donors (Lipinski definition) is 1. The summed E-state index contributed by atoms with van der Waals surface area (Å²) in [5, 5.41) is 3.63. The second-order valence-electron chi connectivity index (χ2n) is 7.27. The SMILES string of the molecule is CCCNC(=O)c1ccc2c(=O)n(CCOC)c(SCC(=O)c3ccc(OC)cc3)nc2c1. The summed E-state index contributed by atoms with van der Waals surface area (Å²) >= 11 is 1.18. The molecule has 1 amide bonds. The number of carbonyl (C=O) groups excluding carboxylic acids is 2. The van der Waals surface area contributed by atoms with Crippen LogP contribution in [0.2, 0.25) is 0 Å². The van der Waals surface area contributed by atoms with Gasteiger partial charge in [-0.1, -0.05) is 18.7 Å². The quantitative estimate of drug-likeness (QED) is 0.262. The highest BCUT2D eigenvalue weighted by Gasteiger charge is 2.16. The number of carbonyl (C=O) groups is 2. The minimum Gasteiger partial charge on any atom is -0.497 e. The smallest absolute Gasteiger partial charge is 0.262 e. The Balaban J connectivity index is 1.91. The first-order valence-electron chi connectivity index (χ1n) is 10.6. The number of nitrogens with one attached hydrogen (secondary N) is 1. The zero-order valence-electron chi connectivity index (χ0n) is 18.9. The third-order valence-electron chi connectivity index (χ3n) is 4.98. The molecule has 2 aromatic carbocycles. The number of thioether (sulfide) groups is 1.